The van der Waals surface area contributed by atoms with Crippen molar-refractivity contribution in [3.8, 4) is 17.2 Å². The quantitative estimate of drug-likeness (QED) is 0.553. The summed E-state index contributed by atoms with van der Waals surface area (Å²) in [6.07, 6.45) is 3.64. The van der Waals surface area contributed by atoms with E-state index in [-0.39, 0.29) is 36.6 Å². The molecule has 2 N–H and O–H groups in total. The smallest absolute Gasteiger partial charge is 0.319 e. The summed E-state index contributed by atoms with van der Waals surface area (Å²) in [6, 6.07) is 9.05. The highest BCUT2D eigenvalue weighted by Crippen LogP contribution is 2.50. The summed E-state index contributed by atoms with van der Waals surface area (Å²) in [7, 11) is 2.15. The van der Waals surface area contributed by atoms with E-state index < -0.39 is 11.8 Å². The number of nitrogens with one attached hydrogen (secondary N) is 2. The van der Waals surface area contributed by atoms with Gasteiger partial charge in [-0.15, -0.1) is 0 Å². The molecule has 200 valence electrons. The number of carbonyl (C=O) groups excluding carboxylic acids is 1. The van der Waals surface area contributed by atoms with Gasteiger partial charge in [0.05, 0.1) is 25.5 Å². The van der Waals surface area contributed by atoms with E-state index in [0.29, 0.717) is 24.5 Å². The van der Waals surface area contributed by atoms with Crippen LogP contribution in [0.5, 0.6) is 17.2 Å². The van der Waals surface area contributed by atoms with Crippen LogP contribution >= 0.6 is 0 Å². The molecule has 2 aromatic carbocycles. The minimum atomic E-state index is -0.512. The number of ether oxygens (including phenoxy) is 4. The van der Waals surface area contributed by atoms with Crippen LogP contribution in [0.3, 0.4) is 0 Å². The lowest BCUT2D eigenvalue weighted by atomic mass is 9.65. The molecule has 8 nitrogen and oxygen atoms in total. The number of urea groups is 1. The van der Waals surface area contributed by atoms with Crippen molar-refractivity contribution >= 4 is 11.7 Å². The van der Waals surface area contributed by atoms with E-state index in [1.165, 1.54) is 17.7 Å². The van der Waals surface area contributed by atoms with Crippen molar-refractivity contribution in [3.05, 3.63) is 47.3 Å². The molecule has 9 heteroatoms. The molecule has 1 saturated heterocycles. The lowest BCUT2D eigenvalue weighted by Gasteiger charge is -2.45. The zero-order valence-electron chi connectivity index (χ0n) is 21.8. The third-order valence-corrected chi connectivity index (χ3v) is 7.93. The molecular formula is C28H36FN3O5. The number of amides is 2. The Bertz CT molecular complexity index is 1150. The van der Waals surface area contributed by atoms with Gasteiger partial charge in [-0.3, -0.25) is 0 Å². The van der Waals surface area contributed by atoms with Crippen LogP contribution in [0.2, 0.25) is 0 Å². The van der Waals surface area contributed by atoms with Gasteiger partial charge in [-0.05, 0) is 76.9 Å². The van der Waals surface area contributed by atoms with Crippen LogP contribution in [0.4, 0.5) is 14.9 Å². The minimum Gasteiger partial charge on any atom is -0.490 e. The van der Waals surface area contributed by atoms with E-state index in [1.54, 1.807) is 0 Å². The molecule has 2 fully saturated rings. The molecule has 3 aliphatic rings. The molecule has 5 rings (SSSR count). The van der Waals surface area contributed by atoms with Gasteiger partial charge in [0.1, 0.15) is 11.6 Å². The summed E-state index contributed by atoms with van der Waals surface area (Å²) >= 11 is 0. The van der Waals surface area contributed by atoms with E-state index in [9.17, 15) is 9.18 Å². The number of nitrogens with zero attached hydrogens (tertiary/aromatic N) is 1. The van der Waals surface area contributed by atoms with Crippen molar-refractivity contribution in [1.82, 2.24) is 10.2 Å². The summed E-state index contributed by atoms with van der Waals surface area (Å²) in [5.41, 5.74) is 1.98. The van der Waals surface area contributed by atoms with Crippen LogP contribution in [0.1, 0.15) is 50.7 Å². The van der Waals surface area contributed by atoms with Crippen molar-refractivity contribution < 1.29 is 28.1 Å². The summed E-state index contributed by atoms with van der Waals surface area (Å²) in [5.74, 6) is 1.57. The first-order valence-corrected chi connectivity index (χ1v) is 13.1. The average molecular weight is 514 g/mol. The van der Waals surface area contributed by atoms with Gasteiger partial charge in [-0.25, -0.2) is 9.18 Å². The summed E-state index contributed by atoms with van der Waals surface area (Å²) in [4.78, 5) is 15.2. The fourth-order valence-electron chi connectivity index (χ4n) is 6.15. The number of fused-ring (bicyclic) bond motifs is 2. The van der Waals surface area contributed by atoms with Crippen molar-refractivity contribution in [3.63, 3.8) is 0 Å². The van der Waals surface area contributed by atoms with E-state index in [0.717, 1.165) is 43.7 Å². The van der Waals surface area contributed by atoms with Crippen molar-refractivity contribution in [2.75, 3.05) is 38.9 Å². The fourth-order valence-corrected chi connectivity index (χ4v) is 6.15. The minimum absolute atomic E-state index is 0.00991. The molecule has 2 heterocycles. The second-order valence-electron chi connectivity index (χ2n) is 10.1. The number of benzene rings is 2. The van der Waals surface area contributed by atoms with Crippen LogP contribution in [-0.4, -0.2) is 56.6 Å². The standard InChI is InChI=1S/C28H36FN3O5/c1-4-35-23-7-6-19(13-25(23)36-5-2)28-9-8-20(14-26(28)32(3)11-10-28)30-27(33)31-22-15-24-18(12-21(22)29)16-34-17-37-24/h6-7,12-13,15,20,26H,4-5,8-11,14,16-17H2,1-3H3,(H2,30,31,33)/t20-,26+,28+/m1/s1. The summed E-state index contributed by atoms with van der Waals surface area (Å²) in [5, 5.41) is 5.75. The number of carbonyl (C=O) groups is 1. The van der Waals surface area contributed by atoms with Gasteiger partial charge >= 0.3 is 6.03 Å². The number of hydrogen-bond donors (Lipinski definition) is 2. The topological polar surface area (TPSA) is 81.3 Å². The normalized spacial score (nSPS) is 25.0. The Morgan fingerprint density at radius 2 is 1.97 bits per heavy atom. The van der Waals surface area contributed by atoms with Crippen LogP contribution in [0, 0.1) is 5.82 Å². The van der Waals surface area contributed by atoms with Gasteiger partial charge in [-0.1, -0.05) is 6.07 Å². The maximum atomic E-state index is 14.6. The SMILES string of the molecule is CCOc1ccc([C@@]23CC[C@@H](NC(=O)Nc4cc5c(cc4F)COCO5)C[C@@H]2N(C)CC3)cc1OCC. The highest BCUT2D eigenvalue weighted by atomic mass is 19.1. The van der Waals surface area contributed by atoms with Crippen LogP contribution in [-0.2, 0) is 16.8 Å². The Morgan fingerprint density at radius 3 is 2.78 bits per heavy atom. The van der Waals surface area contributed by atoms with Crippen molar-refractivity contribution in [2.45, 2.75) is 63.6 Å². The van der Waals surface area contributed by atoms with Crippen molar-refractivity contribution in [2.24, 2.45) is 0 Å². The molecule has 1 saturated carbocycles. The first kappa shape index (κ1) is 25.6. The molecule has 0 bridgehead atoms. The van der Waals surface area contributed by atoms with E-state index in [2.05, 4.69) is 34.7 Å². The molecule has 0 unspecified atom stereocenters. The second kappa shape index (κ2) is 10.8. The number of rotatable bonds is 7. The Morgan fingerprint density at radius 1 is 1.16 bits per heavy atom. The lowest BCUT2D eigenvalue weighted by molar-refractivity contribution is -0.0165. The molecule has 2 aliphatic heterocycles. The maximum Gasteiger partial charge on any atom is 0.319 e. The predicted octanol–water partition coefficient (Wildman–Crippen LogP) is 4.81. The zero-order chi connectivity index (χ0) is 26.0. The summed E-state index contributed by atoms with van der Waals surface area (Å²) < 4.78 is 36.9. The molecule has 0 radical (unpaired) electrons. The highest BCUT2D eigenvalue weighted by Gasteiger charge is 2.50. The van der Waals surface area contributed by atoms with Gasteiger partial charge < -0.3 is 34.5 Å². The highest BCUT2D eigenvalue weighted by molar-refractivity contribution is 5.90. The molecule has 1 aliphatic carbocycles. The Hall–Kier alpha value is -3.04. The van der Waals surface area contributed by atoms with E-state index >= 15 is 0 Å². The van der Waals surface area contributed by atoms with Crippen molar-refractivity contribution in [1.29, 1.82) is 0 Å². The van der Waals surface area contributed by atoms with Crippen LogP contribution in [0.15, 0.2) is 30.3 Å². The fraction of sp³-hybridized carbons (Fsp3) is 0.536. The third kappa shape index (κ3) is 5.07. The average Bonchev–Trinajstić information content (AvgIpc) is 3.22. The number of anilines is 1. The van der Waals surface area contributed by atoms with Gasteiger partial charge in [0.2, 0.25) is 0 Å². The van der Waals surface area contributed by atoms with Gasteiger partial charge in [0.15, 0.2) is 18.3 Å². The third-order valence-electron chi connectivity index (χ3n) is 7.93. The van der Waals surface area contributed by atoms with Gasteiger partial charge in [0.25, 0.3) is 0 Å². The Kier molecular flexibility index (Phi) is 7.44. The van der Waals surface area contributed by atoms with Crippen LogP contribution in [0.25, 0.3) is 0 Å². The molecule has 0 spiro atoms. The monoisotopic (exact) mass is 513 g/mol. The van der Waals surface area contributed by atoms with Gasteiger partial charge in [0, 0.05) is 29.1 Å². The number of hydrogen-bond acceptors (Lipinski definition) is 6. The Labute approximate surface area is 217 Å². The first-order chi connectivity index (χ1) is 17.9. The number of halogens is 1. The summed E-state index contributed by atoms with van der Waals surface area (Å²) in [6.45, 7) is 6.50. The molecule has 37 heavy (non-hydrogen) atoms. The second-order valence-corrected chi connectivity index (χ2v) is 10.1. The number of likely N-dealkylation sites (N-methyl/N-ethyl adjacent to an activating group) is 1. The molecule has 3 atom stereocenters. The Balaban J connectivity index is 1.29. The largest absolute Gasteiger partial charge is 0.490 e. The lowest BCUT2D eigenvalue weighted by Crippen LogP contribution is -2.52. The van der Waals surface area contributed by atoms with E-state index in [1.807, 2.05) is 19.9 Å². The van der Waals surface area contributed by atoms with Crippen LogP contribution < -0.4 is 24.8 Å². The molecular weight excluding hydrogens is 477 g/mol. The predicted molar refractivity (Wildman–Crippen MR) is 138 cm³/mol. The maximum absolute atomic E-state index is 14.6. The molecule has 2 aromatic rings. The molecule has 0 aromatic heterocycles. The number of likely N-dealkylation sites (tertiary alicyclic amines) is 1. The first-order valence-electron chi connectivity index (χ1n) is 13.1. The van der Waals surface area contributed by atoms with E-state index in [4.69, 9.17) is 18.9 Å². The van der Waals surface area contributed by atoms with Gasteiger partial charge in [-0.2, -0.15) is 0 Å². The molecule has 2 amide bonds. The zero-order valence-corrected chi connectivity index (χ0v) is 21.8.